The lowest BCUT2D eigenvalue weighted by atomic mass is 10.2. The summed E-state index contributed by atoms with van der Waals surface area (Å²) in [5, 5.41) is 5.46. The molecule has 18 heavy (non-hydrogen) atoms. The second kappa shape index (κ2) is 6.64. The molecule has 0 spiro atoms. The highest BCUT2D eigenvalue weighted by atomic mass is 16.5. The van der Waals surface area contributed by atoms with Crippen LogP contribution in [-0.4, -0.2) is 18.9 Å². The third-order valence-electron chi connectivity index (χ3n) is 2.40. The Bertz CT molecular complexity index is 444. The maximum atomic E-state index is 11.4. The molecule has 0 heterocycles. The van der Waals surface area contributed by atoms with Crippen LogP contribution in [-0.2, 0) is 9.59 Å². The molecule has 0 aliphatic heterocycles. The minimum atomic E-state index is -0.104. The van der Waals surface area contributed by atoms with Gasteiger partial charge in [-0.1, -0.05) is 13.8 Å². The summed E-state index contributed by atoms with van der Waals surface area (Å²) in [5.41, 5.74) is 1.19. The van der Waals surface area contributed by atoms with Gasteiger partial charge in [-0.25, -0.2) is 0 Å². The molecule has 0 atom stereocenters. The van der Waals surface area contributed by atoms with Crippen LogP contribution in [0.25, 0.3) is 0 Å². The molecular formula is C13H18N2O3. The smallest absolute Gasteiger partial charge is 0.224 e. The standard InChI is InChI=1S/C13H18N2O3/c1-4-12(16)14-9-6-7-11(18-3)10(8-9)15-13(17)5-2/h6-8H,4-5H2,1-3H3,(H,14,16)(H,15,17). The zero-order chi connectivity index (χ0) is 13.5. The van der Waals surface area contributed by atoms with E-state index in [4.69, 9.17) is 4.74 Å². The summed E-state index contributed by atoms with van der Waals surface area (Å²) < 4.78 is 5.15. The first kappa shape index (κ1) is 14.0. The Balaban J connectivity index is 2.94. The van der Waals surface area contributed by atoms with E-state index in [1.807, 2.05) is 0 Å². The molecule has 0 aliphatic rings. The summed E-state index contributed by atoms with van der Waals surface area (Å²) in [4.78, 5) is 22.7. The van der Waals surface area contributed by atoms with Gasteiger partial charge in [-0.3, -0.25) is 9.59 Å². The fraction of sp³-hybridized carbons (Fsp3) is 0.385. The zero-order valence-electron chi connectivity index (χ0n) is 10.9. The highest BCUT2D eigenvalue weighted by Crippen LogP contribution is 2.28. The highest BCUT2D eigenvalue weighted by Gasteiger charge is 2.08. The summed E-state index contributed by atoms with van der Waals surface area (Å²) >= 11 is 0. The molecule has 98 valence electrons. The molecule has 0 unspecified atom stereocenters. The first-order valence-electron chi connectivity index (χ1n) is 5.88. The molecule has 0 bridgehead atoms. The van der Waals surface area contributed by atoms with Crippen LogP contribution in [0.3, 0.4) is 0 Å². The second-order valence-corrected chi connectivity index (χ2v) is 3.72. The van der Waals surface area contributed by atoms with Crippen LogP contribution in [0.5, 0.6) is 5.75 Å². The summed E-state index contributed by atoms with van der Waals surface area (Å²) in [6.45, 7) is 3.54. The van der Waals surface area contributed by atoms with Crippen LogP contribution in [0.4, 0.5) is 11.4 Å². The normalized spacial score (nSPS) is 9.72. The first-order valence-corrected chi connectivity index (χ1v) is 5.88. The van der Waals surface area contributed by atoms with E-state index in [1.54, 1.807) is 32.0 Å². The Morgan fingerprint density at radius 3 is 2.28 bits per heavy atom. The van der Waals surface area contributed by atoms with Gasteiger partial charge in [0, 0.05) is 18.5 Å². The highest BCUT2D eigenvalue weighted by molar-refractivity contribution is 5.95. The zero-order valence-corrected chi connectivity index (χ0v) is 10.9. The number of nitrogens with one attached hydrogen (secondary N) is 2. The molecule has 2 amide bonds. The molecule has 0 aromatic heterocycles. The summed E-state index contributed by atoms with van der Waals surface area (Å²) in [6.07, 6.45) is 0.789. The summed E-state index contributed by atoms with van der Waals surface area (Å²) in [5.74, 6) is 0.381. The lowest BCUT2D eigenvalue weighted by Gasteiger charge is -2.12. The van der Waals surface area contributed by atoms with Gasteiger partial charge < -0.3 is 15.4 Å². The monoisotopic (exact) mass is 250 g/mol. The van der Waals surface area contributed by atoms with Crippen LogP contribution in [0, 0.1) is 0 Å². The van der Waals surface area contributed by atoms with Crippen molar-refractivity contribution in [1.29, 1.82) is 0 Å². The predicted octanol–water partition coefficient (Wildman–Crippen LogP) is 2.39. The number of anilines is 2. The molecule has 5 heteroatoms. The van der Waals surface area contributed by atoms with Gasteiger partial charge in [0.25, 0.3) is 0 Å². The van der Waals surface area contributed by atoms with Crippen molar-refractivity contribution in [3.63, 3.8) is 0 Å². The maximum absolute atomic E-state index is 11.4. The second-order valence-electron chi connectivity index (χ2n) is 3.72. The van der Waals surface area contributed by atoms with E-state index in [9.17, 15) is 9.59 Å². The van der Waals surface area contributed by atoms with Crippen molar-refractivity contribution < 1.29 is 14.3 Å². The number of ether oxygens (including phenoxy) is 1. The number of amides is 2. The Morgan fingerprint density at radius 2 is 1.72 bits per heavy atom. The topological polar surface area (TPSA) is 67.4 Å². The van der Waals surface area contributed by atoms with E-state index >= 15 is 0 Å². The fourth-order valence-corrected chi connectivity index (χ4v) is 1.37. The van der Waals surface area contributed by atoms with E-state index < -0.39 is 0 Å². The van der Waals surface area contributed by atoms with E-state index in [0.29, 0.717) is 30.0 Å². The maximum Gasteiger partial charge on any atom is 0.224 e. The molecule has 0 fully saturated rings. The van der Waals surface area contributed by atoms with Gasteiger partial charge in [-0.15, -0.1) is 0 Å². The number of hydrogen-bond donors (Lipinski definition) is 2. The molecular weight excluding hydrogens is 232 g/mol. The Morgan fingerprint density at radius 1 is 1.11 bits per heavy atom. The Kier molecular flexibility index (Phi) is 5.17. The average molecular weight is 250 g/mol. The largest absolute Gasteiger partial charge is 0.495 e. The number of methoxy groups -OCH3 is 1. The molecule has 2 N–H and O–H groups in total. The van der Waals surface area contributed by atoms with Crippen LogP contribution in [0.1, 0.15) is 26.7 Å². The predicted molar refractivity (Wildman–Crippen MR) is 70.8 cm³/mol. The molecule has 0 aliphatic carbocycles. The van der Waals surface area contributed by atoms with Gasteiger partial charge in [0.2, 0.25) is 11.8 Å². The molecule has 5 nitrogen and oxygen atoms in total. The van der Waals surface area contributed by atoms with Gasteiger partial charge in [0.1, 0.15) is 5.75 Å². The molecule has 1 rings (SSSR count). The van der Waals surface area contributed by atoms with Crippen LogP contribution < -0.4 is 15.4 Å². The van der Waals surface area contributed by atoms with E-state index in [-0.39, 0.29) is 11.8 Å². The fourth-order valence-electron chi connectivity index (χ4n) is 1.37. The first-order chi connectivity index (χ1) is 8.60. The van der Waals surface area contributed by atoms with Crippen molar-refractivity contribution in [2.45, 2.75) is 26.7 Å². The number of carbonyl (C=O) groups is 2. The summed E-state index contributed by atoms with van der Waals surface area (Å²) in [6, 6.07) is 5.12. The van der Waals surface area contributed by atoms with Crippen LogP contribution >= 0.6 is 0 Å². The number of benzene rings is 1. The summed E-state index contributed by atoms with van der Waals surface area (Å²) in [7, 11) is 1.53. The van der Waals surface area contributed by atoms with Gasteiger partial charge in [0.05, 0.1) is 12.8 Å². The SMILES string of the molecule is CCC(=O)Nc1ccc(OC)c(NC(=O)CC)c1. The minimum Gasteiger partial charge on any atom is -0.495 e. The van der Waals surface area contributed by atoms with E-state index in [2.05, 4.69) is 10.6 Å². The van der Waals surface area contributed by atoms with Crippen molar-refractivity contribution in [3.8, 4) is 5.75 Å². The number of carbonyl (C=O) groups excluding carboxylic acids is 2. The van der Waals surface area contributed by atoms with Gasteiger partial charge in [-0.2, -0.15) is 0 Å². The molecule has 1 aromatic carbocycles. The van der Waals surface area contributed by atoms with Gasteiger partial charge in [-0.05, 0) is 18.2 Å². The van der Waals surface area contributed by atoms with Crippen molar-refractivity contribution >= 4 is 23.2 Å². The van der Waals surface area contributed by atoms with Crippen molar-refractivity contribution in [2.24, 2.45) is 0 Å². The Labute approximate surface area is 107 Å². The third-order valence-corrected chi connectivity index (χ3v) is 2.40. The molecule has 1 aromatic rings. The Hall–Kier alpha value is -2.04. The van der Waals surface area contributed by atoms with Crippen LogP contribution in [0.15, 0.2) is 18.2 Å². The lowest BCUT2D eigenvalue weighted by Crippen LogP contribution is -2.12. The number of rotatable bonds is 5. The molecule has 0 saturated heterocycles. The van der Waals surface area contributed by atoms with Crippen molar-refractivity contribution in [2.75, 3.05) is 17.7 Å². The van der Waals surface area contributed by atoms with E-state index in [0.717, 1.165) is 0 Å². The quantitative estimate of drug-likeness (QED) is 0.843. The van der Waals surface area contributed by atoms with Crippen LogP contribution in [0.2, 0.25) is 0 Å². The molecule has 0 radical (unpaired) electrons. The van der Waals surface area contributed by atoms with Gasteiger partial charge in [0.15, 0.2) is 0 Å². The lowest BCUT2D eigenvalue weighted by molar-refractivity contribution is -0.116. The molecule has 0 saturated carbocycles. The minimum absolute atomic E-state index is 0.0760. The number of hydrogen-bond acceptors (Lipinski definition) is 3. The van der Waals surface area contributed by atoms with Crippen molar-refractivity contribution in [3.05, 3.63) is 18.2 Å². The third kappa shape index (κ3) is 3.76. The van der Waals surface area contributed by atoms with Gasteiger partial charge >= 0.3 is 0 Å². The van der Waals surface area contributed by atoms with Crippen molar-refractivity contribution in [1.82, 2.24) is 0 Å². The van der Waals surface area contributed by atoms with E-state index in [1.165, 1.54) is 7.11 Å². The average Bonchev–Trinajstić information content (AvgIpc) is 2.38.